The number of carboxylic acids is 1. The Morgan fingerprint density at radius 2 is 1.96 bits per heavy atom. The largest absolute Gasteiger partial charge is 0.481 e. The second kappa shape index (κ2) is 9.41. The van der Waals surface area contributed by atoms with Gasteiger partial charge in [-0.05, 0) is 37.1 Å². The van der Waals surface area contributed by atoms with Crippen molar-refractivity contribution < 1.29 is 18.7 Å². The lowest BCUT2D eigenvalue weighted by atomic mass is 9.98. The summed E-state index contributed by atoms with van der Waals surface area (Å²) in [6, 6.07) is 10.7. The minimum Gasteiger partial charge on any atom is -0.481 e. The van der Waals surface area contributed by atoms with Crippen molar-refractivity contribution in [2.45, 2.75) is 12.8 Å². The van der Waals surface area contributed by atoms with Crippen molar-refractivity contribution in [2.75, 3.05) is 26.2 Å². The van der Waals surface area contributed by atoms with Crippen LogP contribution in [0.5, 0.6) is 0 Å². The molecular formula is C21H23F2N3O2. The maximum absolute atomic E-state index is 14.1. The van der Waals surface area contributed by atoms with Crippen LogP contribution in [0.3, 0.4) is 0 Å². The zero-order valence-electron chi connectivity index (χ0n) is 15.4. The van der Waals surface area contributed by atoms with E-state index in [-0.39, 0.29) is 11.5 Å². The van der Waals surface area contributed by atoms with E-state index in [1.165, 1.54) is 24.4 Å². The van der Waals surface area contributed by atoms with Crippen LogP contribution in [0, 0.1) is 17.6 Å². The summed E-state index contributed by atoms with van der Waals surface area (Å²) in [6.45, 7) is 2.67. The summed E-state index contributed by atoms with van der Waals surface area (Å²) in [5.41, 5.74) is 3.89. The topological polar surface area (TPSA) is 64.9 Å². The molecule has 1 unspecified atom stereocenters. The first-order valence-corrected chi connectivity index (χ1v) is 9.30. The number of benzene rings is 2. The van der Waals surface area contributed by atoms with E-state index in [0.717, 1.165) is 19.4 Å². The average Bonchev–Trinajstić information content (AvgIpc) is 2.69. The lowest BCUT2D eigenvalue weighted by molar-refractivity contribution is -0.143. The van der Waals surface area contributed by atoms with Crippen molar-refractivity contribution in [3.63, 3.8) is 0 Å². The highest BCUT2D eigenvalue weighted by Crippen LogP contribution is 2.28. The molecule has 1 saturated heterocycles. The highest BCUT2D eigenvalue weighted by Gasteiger charge is 2.24. The van der Waals surface area contributed by atoms with Crippen molar-refractivity contribution in [1.82, 2.24) is 10.3 Å². The summed E-state index contributed by atoms with van der Waals surface area (Å²) in [6.07, 6.45) is 3.14. The Morgan fingerprint density at radius 3 is 2.71 bits per heavy atom. The van der Waals surface area contributed by atoms with Gasteiger partial charge in [0, 0.05) is 25.2 Å². The number of aliphatic carboxylic acids is 1. The lowest BCUT2D eigenvalue weighted by Crippen LogP contribution is -2.41. The summed E-state index contributed by atoms with van der Waals surface area (Å²) >= 11 is 0. The van der Waals surface area contributed by atoms with Gasteiger partial charge in [-0.2, -0.15) is 5.10 Å². The van der Waals surface area contributed by atoms with Crippen LogP contribution in [0.1, 0.15) is 18.4 Å². The zero-order chi connectivity index (χ0) is 19.9. The van der Waals surface area contributed by atoms with Gasteiger partial charge in [0.1, 0.15) is 11.6 Å². The van der Waals surface area contributed by atoms with E-state index < -0.39 is 17.6 Å². The highest BCUT2D eigenvalue weighted by molar-refractivity contribution is 5.90. The molecule has 148 valence electrons. The molecule has 0 spiro atoms. The van der Waals surface area contributed by atoms with Gasteiger partial charge in [-0.25, -0.2) is 8.78 Å². The Morgan fingerprint density at radius 1 is 1.21 bits per heavy atom. The Hall–Kier alpha value is -2.80. The average molecular weight is 387 g/mol. The van der Waals surface area contributed by atoms with Crippen LogP contribution >= 0.6 is 0 Å². The molecule has 0 aromatic heterocycles. The van der Waals surface area contributed by atoms with Crippen molar-refractivity contribution in [2.24, 2.45) is 11.0 Å². The van der Waals surface area contributed by atoms with E-state index in [4.69, 9.17) is 5.11 Å². The summed E-state index contributed by atoms with van der Waals surface area (Å²) < 4.78 is 28.2. The number of rotatable bonds is 7. The number of hydrogen-bond donors (Lipinski definition) is 2. The molecule has 0 saturated carbocycles. The van der Waals surface area contributed by atoms with E-state index in [0.29, 0.717) is 30.8 Å². The SMILES string of the molecule is O=C(O)C1CCCN(CCN/N=C/c2ccccc2-c2c(F)cccc2F)C1. The Balaban J connectivity index is 1.59. The molecule has 0 aliphatic carbocycles. The van der Waals surface area contributed by atoms with Crippen LogP contribution in [0.2, 0.25) is 0 Å². The predicted octanol–water partition coefficient (Wildman–Crippen LogP) is 3.35. The molecule has 2 aromatic carbocycles. The van der Waals surface area contributed by atoms with Gasteiger partial charge in [-0.3, -0.25) is 4.79 Å². The molecular weight excluding hydrogens is 364 g/mol. The fourth-order valence-corrected chi connectivity index (χ4v) is 3.44. The molecule has 28 heavy (non-hydrogen) atoms. The summed E-state index contributed by atoms with van der Waals surface area (Å²) in [5, 5.41) is 13.3. The van der Waals surface area contributed by atoms with Gasteiger partial charge >= 0.3 is 5.97 Å². The number of likely N-dealkylation sites (tertiary alicyclic amines) is 1. The highest BCUT2D eigenvalue weighted by atomic mass is 19.1. The van der Waals surface area contributed by atoms with Gasteiger partial charge in [-0.15, -0.1) is 0 Å². The Labute approximate surface area is 162 Å². The number of hydrogen-bond acceptors (Lipinski definition) is 4. The number of hydrazone groups is 1. The third-order valence-electron chi connectivity index (χ3n) is 4.88. The van der Waals surface area contributed by atoms with Gasteiger partial charge in [0.2, 0.25) is 0 Å². The Kier molecular flexibility index (Phi) is 6.71. The van der Waals surface area contributed by atoms with Crippen LogP contribution in [-0.4, -0.2) is 48.4 Å². The fraction of sp³-hybridized carbons (Fsp3) is 0.333. The van der Waals surface area contributed by atoms with E-state index in [1.54, 1.807) is 24.3 Å². The molecule has 0 amide bonds. The van der Waals surface area contributed by atoms with E-state index in [2.05, 4.69) is 15.4 Å². The second-order valence-corrected chi connectivity index (χ2v) is 6.83. The number of carbonyl (C=O) groups is 1. The molecule has 2 N–H and O–H groups in total. The zero-order valence-corrected chi connectivity index (χ0v) is 15.4. The molecule has 0 bridgehead atoms. The summed E-state index contributed by atoms with van der Waals surface area (Å²) in [5.74, 6) is -2.29. The monoisotopic (exact) mass is 387 g/mol. The van der Waals surface area contributed by atoms with Gasteiger partial charge in [0.25, 0.3) is 0 Å². The van der Waals surface area contributed by atoms with Crippen LogP contribution in [0.15, 0.2) is 47.6 Å². The minimum absolute atomic E-state index is 0.0717. The van der Waals surface area contributed by atoms with Gasteiger partial charge < -0.3 is 15.4 Å². The molecule has 3 rings (SSSR count). The first-order valence-electron chi connectivity index (χ1n) is 9.30. The van der Waals surface area contributed by atoms with Crippen LogP contribution in [0.4, 0.5) is 8.78 Å². The van der Waals surface area contributed by atoms with Gasteiger partial charge in [-0.1, -0.05) is 30.3 Å². The molecule has 1 aliphatic rings. The molecule has 1 heterocycles. The van der Waals surface area contributed by atoms with Crippen LogP contribution in [-0.2, 0) is 4.79 Å². The molecule has 7 heteroatoms. The van der Waals surface area contributed by atoms with Crippen molar-refractivity contribution in [3.8, 4) is 11.1 Å². The van der Waals surface area contributed by atoms with E-state index >= 15 is 0 Å². The van der Waals surface area contributed by atoms with Crippen LogP contribution < -0.4 is 5.43 Å². The van der Waals surface area contributed by atoms with Gasteiger partial charge in [0.05, 0.1) is 17.7 Å². The fourth-order valence-electron chi connectivity index (χ4n) is 3.44. The lowest BCUT2D eigenvalue weighted by Gasteiger charge is -2.30. The number of carboxylic acid groups (broad SMARTS) is 1. The quantitative estimate of drug-likeness (QED) is 0.434. The first kappa shape index (κ1) is 19.9. The van der Waals surface area contributed by atoms with E-state index in [1.807, 2.05) is 0 Å². The molecule has 1 aliphatic heterocycles. The number of piperidine rings is 1. The van der Waals surface area contributed by atoms with Crippen LogP contribution in [0.25, 0.3) is 11.1 Å². The number of halogens is 2. The first-order chi connectivity index (χ1) is 13.6. The molecule has 0 radical (unpaired) electrons. The second-order valence-electron chi connectivity index (χ2n) is 6.83. The molecule has 5 nitrogen and oxygen atoms in total. The maximum Gasteiger partial charge on any atom is 0.307 e. The standard InChI is InChI=1S/C21H23F2N3O2/c22-18-8-3-9-19(23)20(18)17-7-2-1-5-15(17)13-25-24-10-12-26-11-4-6-16(14-26)21(27)28/h1-3,5,7-9,13,16,24H,4,6,10-12,14H2,(H,27,28)/b25-13+. The summed E-state index contributed by atoms with van der Waals surface area (Å²) in [7, 11) is 0. The smallest absolute Gasteiger partial charge is 0.307 e. The van der Waals surface area contributed by atoms with Crippen molar-refractivity contribution in [1.29, 1.82) is 0 Å². The molecule has 2 aromatic rings. The minimum atomic E-state index is -0.743. The number of nitrogens with zero attached hydrogens (tertiary/aromatic N) is 2. The molecule has 1 atom stereocenters. The third-order valence-corrected chi connectivity index (χ3v) is 4.88. The van der Waals surface area contributed by atoms with Crippen molar-refractivity contribution >= 4 is 12.2 Å². The number of nitrogens with one attached hydrogen (secondary N) is 1. The van der Waals surface area contributed by atoms with Crippen molar-refractivity contribution in [3.05, 3.63) is 59.7 Å². The molecule has 1 fully saturated rings. The Bertz CT molecular complexity index is 837. The van der Waals surface area contributed by atoms with Gasteiger partial charge in [0.15, 0.2) is 0 Å². The predicted molar refractivity (Wildman–Crippen MR) is 104 cm³/mol. The van der Waals surface area contributed by atoms with E-state index in [9.17, 15) is 13.6 Å². The summed E-state index contributed by atoms with van der Waals surface area (Å²) in [4.78, 5) is 13.2. The third kappa shape index (κ3) is 4.92. The normalized spacial score (nSPS) is 17.7. The maximum atomic E-state index is 14.1.